The molecule has 1 fully saturated rings. The number of benzene rings is 1. The first-order chi connectivity index (χ1) is 9.15. The van der Waals surface area contributed by atoms with Gasteiger partial charge >= 0.3 is 0 Å². The topological polar surface area (TPSA) is 41.1 Å². The number of carbonyl (C=O) groups excluding carboxylic acids is 1. The van der Waals surface area contributed by atoms with Crippen molar-refractivity contribution >= 4 is 23.2 Å². The molecule has 2 N–H and O–H groups in total. The van der Waals surface area contributed by atoms with Gasteiger partial charge in [-0.3, -0.25) is 4.79 Å². The highest BCUT2D eigenvalue weighted by Gasteiger charge is 2.34. The highest BCUT2D eigenvalue weighted by Crippen LogP contribution is 2.42. The average molecular weight is 281 g/mol. The fourth-order valence-electron chi connectivity index (χ4n) is 2.53. The monoisotopic (exact) mass is 280 g/mol. The van der Waals surface area contributed by atoms with E-state index >= 15 is 0 Å². The van der Waals surface area contributed by atoms with E-state index in [1.54, 1.807) is 12.1 Å². The number of para-hydroxylation sites is 1. The van der Waals surface area contributed by atoms with Crippen molar-refractivity contribution in [2.75, 3.05) is 18.4 Å². The summed E-state index contributed by atoms with van der Waals surface area (Å²) in [4.78, 5) is 11.8. The van der Waals surface area contributed by atoms with Gasteiger partial charge in [0.25, 0.3) is 0 Å². The third-order valence-electron chi connectivity index (χ3n) is 4.10. The van der Waals surface area contributed by atoms with Crippen LogP contribution in [0.15, 0.2) is 24.3 Å². The number of anilines is 1. The van der Waals surface area contributed by atoms with Gasteiger partial charge < -0.3 is 10.6 Å². The number of hydrogen-bond acceptors (Lipinski definition) is 2. The summed E-state index contributed by atoms with van der Waals surface area (Å²) in [5, 5.41) is 6.65. The van der Waals surface area contributed by atoms with E-state index in [1.807, 2.05) is 12.1 Å². The van der Waals surface area contributed by atoms with Crippen LogP contribution in [0, 0.1) is 5.41 Å². The molecule has 0 bridgehead atoms. The molecular formula is C15H21ClN2O. The molecule has 19 heavy (non-hydrogen) atoms. The molecular weight excluding hydrogens is 260 g/mol. The lowest BCUT2D eigenvalue weighted by molar-refractivity contribution is -0.115. The zero-order chi connectivity index (χ0) is 13.7. The van der Waals surface area contributed by atoms with Gasteiger partial charge in [-0.2, -0.15) is 0 Å². The molecule has 3 nitrogen and oxygen atoms in total. The minimum Gasteiger partial charge on any atom is -0.324 e. The number of hydrogen-bond donors (Lipinski definition) is 2. The third-order valence-corrected chi connectivity index (χ3v) is 4.43. The van der Waals surface area contributed by atoms with Crippen LogP contribution in [0.25, 0.3) is 0 Å². The molecule has 1 aromatic carbocycles. The molecule has 1 saturated carbocycles. The predicted octanol–water partition coefficient (Wildman–Crippen LogP) is 3.45. The maximum absolute atomic E-state index is 11.8. The fourth-order valence-corrected chi connectivity index (χ4v) is 2.71. The van der Waals surface area contributed by atoms with Gasteiger partial charge in [0.15, 0.2) is 0 Å². The quantitative estimate of drug-likeness (QED) is 0.838. The molecule has 104 valence electrons. The summed E-state index contributed by atoms with van der Waals surface area (Å²) in [6, 6.07) is 7.28. The first kappa shape index (κ1) is 14.4. The zero-order valence-corrected chi connectivity index (χ0v) is 12.1. The van der Waals surface area contributed by atoms with Crippen molar-refractivity contribution in [2.45, 2.75) is 32.6 Å². The predicted molar refractivity (Wildman–Crippen MR) is 79.5 cm³/mol. The molecule has 0 aliphatic heterocycles. The molecule has 1 aliphatic carbocycles. The van der Waals surface area contributed by atoms with E-state index in [9.17, 15) is 4.79 Å². The highest BCUT2D eigenvalue weighted by atomic mass is 35.5. The Bertz CT molecular complexity index is 438. The number of amides is 1. The van der Waals surface area contributed by atoms with E-state index in [4.69, 9.17) is 11.6 Å². The van der Waals surface area contributed by atoms with Crippen LogP contribution >= 0.6 is 11.6 Å². The van der Waals surface area contributed by atoms with Crippen LogP contribution in [0.4, 0.5) is 5.69 Å². The SMILES string of the molecule is CCC1(CNCC(=O)Nc2ccccc2Cl)CCC1. The van der Waals surface area contributed by atoms with E-state index in [2.05, 4.69) is 17.6 Å². The molecule has 1 aliphatic rings. The normalized spacial score (nSPS) is 16.7. The largest absolute Gasteiger partial charge is 0.324 e. The number of rotatable bonds is 6. The smallest absolute Gasteiger partial charge is 0.238 e. The maximum Gasteiger partial charge on any atom is 0.238 e. The average Bonchev–Trinajstić information content (AvgIpc) is 2.35. The Morgan fingerprint density at radius 1 is 1.37 bits per heavy atom. The van der Waals surface area contributed by atoms with Crippen molar-refractivity contribution in [1.82, 2.24) is 5.32 Å². The summed E-state index contributed by atoms with van der Waals surface area (Å²) in [6.07, 6.45) is 5.07. The van der Waals surface area contributed by atoms with E-state index < -0.39 is 0 Å². The summed E-state index contributed by atoms with van der Waals surface area (Å²) in [5.74, 6) is -0.0429. The van der Waals surface area contributed by atoms with Gasteiger partial charge in [0.1, 0.15) is 0 Å². The van der Waals surface area contributed by atoms with Crippen LogP contribution in [-0.2, 0) is 4.79 Å². The van der Waals surface area contributed by atoms with E-state index in [0.717, 1.165) is 6.54 Å². The van der Waals surface area contributed by atoms with Gasteiger partial charge in [-0.25, -0.2) is 0 Å². The Balaban J connectivity index is 1.75. The second-order valence-electron chi connectivity index (χ2n) is 5.34. The van der Waals surface area contributed by atoms with Crippen LogP contribution in [0.5, 0.6) is 0 Å². The van der Waals surface area contributed by atoms with Crippen molar-refractivity contribution in [3.05, 3.63) is 29.3 Å². The Morgan fingerprint density at radius 2 is 2.11 bits per heavy atom. The number of nitrogens with one attached hydrogen (secondary N) is 2. The highest BCUT2D eigenvalue weighted by molar-refractivity contribution is 6.33. The molecule has 2 rings (SSSR count). The van der Waals surface area contributed by atoms with Gasteiger partial charge in [-0.15, -0.1) is 0 Å². The molecule has 0 spiro atoms. The molecule has 1 amide bonds. The van der Waals surface area contributed by atoms with Crippen molar-refractivity contribution < 1.29 is 4.79 Å². The lowest BCUT2D eigenvalue weighted by Gasteiger charge is -2.41. The third kappa shape index (κ3) is 3.71. The van der Waals surface area contributed by atoms with Crippen LogP contribution in [0.2, 0.25) is 5.02 Å². The van der Waals surface area contributed by atoms with Crippen LogP contribution in [0.3, 0.4) is 0 Å². The number of halogens is 1. The maximum atomic E-state index is 11.8. The Kier molecular flexibility index (Phi) is 4.83. The first-order valence-corrected chi connectivity index (χ1v) is 7.28. The Morgan fingerprint density at radius 3 is 2.68 bits per heavy atom. The lowest BCUT2D eigenvalue weighted by Crippen LogP contribution is -2.41. The zero-order valence-electron chi connectivity index (χ0n) is 11.3. The van der Waals surface area contributed by atoms with Gasteiger partial charge in [0.05, 0.1) is 17.3 Å². The summed E-state index contributed by atoms with van der Waals surface area (Å²) < 4.78 is 0. The van der Waals surface area contributed by atoms with Crippen molar-refractivity contribution in [1.29, 1.82) is 0 Å². The molecule has 1 aromatic rings. The molecule has 4 heteroatoms. The summed E-state index contributed by atoms with van der Waals surface area (Å²) >= 11 is 5.99. The van der Waals surface area contributed by atoms with E-state index in [1.165, 1.54) is 25.7 Å². The second kappa shape index (κ2) is 6.40. The Hall–Kier alpha value is -1.06. The minimum atomic E-state index is -0.0429. The second-order valence-corrected chi connectivity index (χ2v) is 5.75. The molecule has 0 heterocycles. The summed E-state index contributed by atoms with van der Waals surface area (Å²) in [7, 11) is 0. The van der Waals surface area contributed by atoms with Crippen LogP contribution in [-0.4, -0.2) is 19.0 Å². The van der Waals surface area contributed by atoms with Crippen LogP contribution in [0.1, 0.15) is 32.6 Å². The fraction of sp³-hybridized carbons (Fsp3) is 0.533. The first-order valence-electron chi connectivity index (χ1n) is 6.90. The molecule has 0 aromatic heterocycles. The van der Waals surface area contributed by atoms with Crippen molar-refractivity contribution in [2.24, 2.45) is 5.41 Å². The van der Waals surface area contributed by atoms with Crippen LogP contribution < -0.4 is 10.6 Å². The Labute approximate surface area is 119 Å². The molecule has 0 unspecified atom stereocenters. The van der Waals surface area contributed by atoms with E-state index in [0.29, 0.717) is 22.7 Å². The molecule has 0 radical (unpaired) electrons. The van der Waals surface area contributed by atoms with E-state index in [-0.39, 0.29) is 5.91 Å². The summed E-state index contributed by atoms with van der Waals surface area (Å²) in [6.45, 7) is 3.50. The molecule has 0 saturated heterocycles. The lowest BCUT2D eigenvalue weighted by atomic mass is 9.67. The van der Waals surface area contributed by atoms with Gasteiger partial charge in [0, 0.05) is 6.54 Å². The standard InChI is InChI=1S/C15H21ClN2O/c1-2-15(8-5-9-15)11-17-10-14(19)18-13-7-4-3-6-12(13)16/h3-4,6-7,17H,2,5,8-11H2,1H3,(H,18,19). The van der Waals surface area contributed by atoms with Gasteiger partial charge in [0.2, 0.25) is 5.91 Å². The summed E-state index contributed by atoms with van der Waals surface area (Å²) in [5.41, 5.74) is 1.11. The van der Waals surface area contributed by atoms with Gasteiger partial charge in [-0.05, 0) is 36.8 Å². The van der Waals surface area contributed by atoms with Gasteiger partial charge in [-0.1, -0.05) is 37.1 Å². The van der Waals surface area contributed by atoms with Crippen molar-refractivity contribution in [3.8, 4) is 0 Å². The molecule has 0 atom stereocenters. The van der Waals surface area contributed by atoms with Crippen molar-refractivity contribution in [3.63, 3.8) is 0 Å². The number of carbonyl (C=O) groups is 1. The minimum absolute atomic E-state index is 0.0429.